The number of aromatic amines is 1. The van der Waals surface area contributed by atoms with Gasteiger partial charge in [0.2, 0.25) is 0 Å². The van der Waals surface area contributed by atoms with Crippen LogP contribution in [-0.2, 0) is 6.42 Å². The number of H-pyrrole nitrogens is 1. The molecular formula is C13H16N2O. The second kappa shape index (κ2) is 4.47. The standard InChI is InChI=1S/C13H16N2O/c1-9(2)7-8-12-13(16)15-11-6-4-3-5-10(11)14-12/h3-6,9H,7-8H2,1-2H3,(H,15,16). The second-order valence-electron chi connectivity index (χ2n) is 4.46. The van der Waals surface area contributed by atoms with Crippen molar-refractivity contribution in [1.82, 2.24) is 9.97 Å². The van der Waals surface area contributed by atoms with E-state index < -0.39 is 0 Å². The molecule has 1 aromatic carbocycles. The lowest BCUT2D eigenvalue weighted by atomic mass is 10.1. The van der Waals surface area contributed by atoms with Gasteiger partial charge in [0.05, 0.1) is 11.0 Å². The smallest absolute Gasteiger partial charge is 0.270 e. The van der Waals surface area contributed by atoms with E-state index in [4.69, 9.17) is 0 Å². The van der Waals surface area contributed by atoms with Gasteiger partial charge in [-0.3, -0.25) is 4.79 Å². The lowest BCUT2D eigenvalue weighted by molar-refractivity contribution is 0.579. The molecule has 0 amide bonds. The Morgan fingerprint density at radius 3 is 2.81 bits per heavy atom. The third-order valence-electron chi connectivity index (χ3n) is 2.63. The van der Waals surface area contributed by atoms with E-state index in [0.717, 1.165) is 23.9 Å². The van der Waals surface area contributed by atoms with Crippen LogP contribution in [0.15, 0.2) is 29.1 Å². The zero-order chi connectivity index (χ0) is 11.5. The number of benzene rings is 1. The molecule has 0 bridgehead atoms. The maximum absolute atomic E-state index is 11.7. The largest absolute Gasteiger partial charge is 0.319 e. The molecule has 0 radical (unpaired) electrons. The number of hydrogen-bond acceptors (Lipinski definition) is 2. The molecule has 3 nitrogen and oxygen atoms in total. The van der Waals surface area contributed by atoms with Gasteiger partial charge in [-0.2, -0.15) is 0 Å². The van der Waals surface area contributed by atoms with Crippen molar-refractivity contribution in [3.63, 3.8) is 0 Å². The quantitative estimate of drug-likeness (QED) is 0.856. The molecule has 0 aliphatic heterocycles. The van der Waals surface area contributed by atoms with E-state index >= 15 is 0 Å². The molecule has 1 N–H and O–H groups in total. The Morgan fingerprint density at radius 2 is 2.06 bits per heavy atom. The van der Waals surface area contributed by atoms with Crippen LogP contribution in [0, 0.1) is 5.92 Å². The topological polar surface area (TPSA) is 45.8 Å². The van der Waals surface area contributed by atoms with E-state index in [0.29, 0.717) is 11.6 Å². The maximum atomic E-state index is 11.7. The Balaban J connectivity index is 2.38. The van der Waals surface area contributed by atoms with Crippen LogP contribution in [0.1, 0.15) is 26.0 Å². The van der Waals surface area contributed by atoms with Crippen LogP contribution in [0.4, 0.5) is 0 Å². The summed E-state index contributed by atoms with van der Waals surface area (Å²) in [5.41, 5.74) is 2.26. The molecule has 2 aromatic rings. The number of nitrogens with one attached hydrogen (secondary N) is 1. The predicted octanol–water partition coefficient (Wildman–Crippen LogP) is 2.51. The first-order valence-corrected chi connectivity index (χ1v) is 5.65. The summed E-state index contributed by atoms with van der Waals surface area (Å²) in [7, 11) is 0. The highest BCUT2D eigenvalue weighted by atomic mass is 16.1. The van der Waals surface area contributed by atoms with Gasteiger partial charge < -0.3 is 4.98 Å². The third kappa shape index (κ3) is 2.30. The first kappa shape index (κ1) is 10.9. The fraction of sp³-hybridized carbons (Fsp3) is 0.385. The molecule has 0 spiro atoms. The predicted molar refractivity (Wildman–Crippen MR) is 65.5 cm³/mol. The third-order valence-corrected chi connectivity index (χ3v) is 2.63. The van der Waals surface area contributed by atoms with Crippen molar-refractivity contribution in [3.8, 4) is 0 Å². The van der Waals surface area contributed by atoms with Crippen molar-refractivity contribution in [2.24, 2.45) is 5.92 Å². The summed E-state index contributed by atoms with van der Waals surface area (Å²) >= 11 is 0. The maximum Gasteiger partial charge on any atom is 0.270 e. The summed E-state index contributed by atoms with van der Waals surface area (Å²) in [6.07, 6.45) is 1.74. The summed E-state index contributed by atoms with van der Waals surface area (Å²) in [5.74, 6) is 0.590. The van der Waals surface area contributed by atoms with Crippen LogP contribution in [0.5, 0.6) is 0 Å². The molecule has 2 rings (SSSR count). The highest BCUT2D eigenvalue weighted by molar-refractivity contribution is 5.73. The molecule has 3 heteroatoms. The summed E-state index contributed by atoms with van der Waals surface area (Å²) in [4.78, 5) is 19.0. The van der Waals surface area contributed by atoms with E-state index in [9.17, 15) is 4.79 Å². The van der Waals surface area contributed by atoms with Gasteiger partial charge in [0.1, 0.15) is 5.69 Å². The second-order valence-corrected chi connectivity index (χ2v) is 4.46. The van der Waals surface area contributed by atoms with Crippen LogP contribution in [0.2, 0.25) is 0 Å². The molecule has 0 unspecified atom stereocenters. The number of aryl methyl sites for hydroxylation is 1. The summed E-state index contributed by atoms with van der Waals surface area (Å²) < 4.78 is 0. The Bertz CT molecular complexity index is 543. The van der Waals surface area contributed by atoms with Gasteiger partial charge in [0.15, 0.2) is 0 Å². The van der Waals surface area contributed by atoms with Gasteiger partial charge in [-0.1, -0.05) is 26.0 Å². The monoisotopic (exact) mass is 216 g/mol. The molecule has 0 aliphatic carbocycles. The molecule has 0 fully saturated rings. The number of rotatable bonds is 3. The molecule has 0 aliphatic rings. The normalized spacial score (nSPS) is 11.2. The minimum Gasteiger partial charge on any atom is -0.319 e. The molecule has 16 heavy (non-hydrogen) atoms. The Morgan fingerprint density at radius 1 is 1.31 bits per heavy atom. The number of hydrogen-bond donors (Lipinski definition) is 1. The fourth-order valence-electron chi connectivity index (χ4n) is 1.66. The fourth-order valence-corrected chi connectivity index (χ4v) is 1.66. The molecule has 0 saturated carbocycles. The molecule has 1 heterocycles. The van der Waals surface area contributed by atoms with Crippen molar-refractivity contribution < 1.29 is 0 Å². The van der Waals surface area contributed by atoms with E-state index in [-0.39, 0.29) is 5.56 Å². The Labute approximate surface area is 94.5 Å². The highest BCUT2D eigenvalue weighted by Crippen LogP contribution is 2.08. The van der Waals surface area contributed by atoms with Crippen molar-refractivity contribution in [1.29, 1.82) is 0 Å². The summed E-state index contributed by atoms with van der Waals surface area (Å²) in [6.45, 7) is 4.30. The highest BCUT2D eigenvalue weighted by Gasteiger charge is 2.05. The average Bonchev–Trinajstić information content (AvgIpc) is 2.26. The van der Waals surface area contributed by atoms with Crippen LogP contribution in [0.25, 0.3) is 11.0 Å². The molecular weight excluding hydrogens is 200 g/mol. The minimum atomic E-state index is -0.0562. The van der Waals surface area contributed by atoms with E-state index in [2.05, 4.69) is 23.8 Å². The Kier molecular flexibility index (Phi) is 3.04. The average molecular weight is 216 g/mol. The minimum absolute atomic E-state index is 0.0562. The van der Waals surface area contributed by atoms with E-state index in [1.807, 2.05) is 24.3 Å². The zero-order valence-electron chi connectivity index (χ0n) is 9.66. The van der Waals surface area contributed by atoms with Gasteiger partial charge in [-0.25, -0.2) is 4.98 Å². The van der Waals surface area contributed by atoms with Crippen molar-refractivity contribution in [2.75, 3.05) is 0 Å². The van der Waals surface area contributed by atoms with Gasteiger partial charge in [0.25, 0.3) is 5.56 Å². The van der Waals surface area contributed by atoms with Gasteiger partial charge in [0, 0.05) is 0 Å². The number of aromatic nitrogens is 2. The van der Waals surface area contributed by atoms with Gasteiger partial charge >= 0.3 is 0 Å². The number of fused-ring (bicyclic) bond motifs is 1. The van der Waals surface area contributed by atoms with Crippen molar-refractivity contribution >= 4 is 11.0 Å². The molecule has 84 valence electrons. The SMILES string of the molecule is CC(C)CCc1nc2ccccc2[nH]c1=O. The number of para-hydroxylation sites is 2. The first-order valence-electron chi connectivity index (χ1n) is 5.65. The van der Waals surface area contributed by atoms with Crippen LogP contribution < -0.4 is 5.56 Å². The van der Waals surface area contributed by atoms with E-state index in [1.165, 1.54) is 0 Å². The van der Waals surface area contributed by atoms with Crippen LogP contribution in [0.3, 0.4) is 0 Å². The summed E-state index contributed by atoms with van der Waals surface area (Å²) in [5, 5.41) is 0. The molecule has 1 aromatic heterocycles. The molecule has 0 atom stereocenters. The zero-order valence-corrected chi connectivity index (χ0v) is 9.66. The summed E-state index contributed by atoms with van der Waals surface area (Å²) in [6, 6.07) is 7.62. The lowest BCUT2D eigenvalue weighted by Crippen LogP contribution is -2.15. The van der Waals surface area contributed by atoms with Crippen molar-refractivity contribution in [3.05, 3.63) is 40.3 Å². The van der Waals surface area contributed by atoms with Crippen LogP contribution in [-0.4, -0.2) is 9.97 Å². The van der Waals surface area contributed by atoms with Crippen molar-refractivity contribution in [2.45, 2.75) is 26.7 Å². The number of nitrogens with zero attached hydrogens (tertiary/aromatic N) is 1. The molecule has 0 saturated heterocycles. The lowest BCUT2D eigenvalue weighted by Gasteiger charge is -2.04. The first-order chi connectivity index (χ1) is 7.66. The van der Waals surface area contributed by atoms with Gasteiger partial charge in [-0.05, 0) is 30.9 Å². The Hall–Kier alpha value is -1.64. The van der Waals surface area contributed by atoms with Crippen LogP contribution >= 0.6 is 0 Å². The van der Waals surface area contributed by atoms with Gasteiger partial charge in [-0.15, -0.1) is 0 Å². The van der Waals surface area contributed by atoms with E-state index in [1.54, 1.807) is 0 Å².